The molecule has 0 fully saturated rings. The highest BCUT2D eigenvalue weighted by Crippen LogP contribution is 2.22. The van der Waals surface area contributed by atoms with E-state index in [4.69, 9.17) is 0 Å². The maximum absolute atomic E-state index is 12.4. The van der Waals surface area contributed by atoms with E-state index in [0.29, 0.717) is 5.69 Å². The number of hydrogen-bond donors (Lipinski definition) is 2. The Labute approximate surface area is 166 Å². The first-order valence-corrected chi connectivity index (χ1v) is 10.6. The summed E-state index contributed by atoms with van der Waals surface area (Å²) in [5.74, 6) is -0.220. The number of pyridine rings is 1. The van der Waals surface area contributed by atoms with Crippen LogP contribution in [0.4, 0.5) is 11.6 Å². The Morgan fingerprint density at radius 2 is 1.64 bits per heavy atom. The largest absolute Gasteiger partial charge is 0.325 e. The number of thioether (sulfide) groups is 1. The zero-order valence-corrected chi connectivity index (χ0v) is 16.4. The van der Waals surface area contributed by atoms with Crippen LogP contribution in [0.15, 0.2) is 77.0 Å². The molecule has 0 aliphatic rings. The SMILES string of the molecule is CC(Sc1ccccn1)C(=O)Nc1ccc(S(=O)(=O)Nc2ncccn2)cc1. The van der Waals surface area contributed by atoms with Crippen LogP contribution in [0.2, 0.25) is 0 Å². The van der Waals surface area contributed by atoms with Crippen LogP contribution in [-0.4, -0.2) is 34.5 Å². The molecule has 0 saturated heterocycles. The van der Waals surface area contributed by atoms with Crippen LogP contribution in [-0.2, 0) is 14.8 Å². The van der Waals surface area contributed by atoms with Gasteiger partial charge in [0.2, 0.25) is 11.9 Å². The second-order valence-corrected chi connectivity index (χ2v) is 8.66. The molecule has 3 rings (SSSR count). The Bertz CT molecular complexity index is 1030. The summed E-state index contributed by atoms with van der Waals surface area (Å²) in [6, 6.07) is 12.9. The second kappa shape index (κ2) is 8.81. The number of rotatable bonds is 7. The highest BCUT2D eigenvalue weighted by Gasteiger charge is 2.17. The van der Waals surface area contributed by atoms with Gasteiger partial charge < -0.3 is 5.32 Å². The van der Waals surface area contributed by atoms with Crippen LogP contribution in [0.25, 0.3) is 0 Å². The summed E-state index contributed by atoms with van der Waals surface area (Å²) < 4.78 is 27.0. The lowest BCUT2D eigenvalue weighted by atomic mass is 10.3. The van der Waals surface area contributed by atoms with Gasteiger partial charge in [0.25, 0.3) is 10.0 Å². The molecule has 1 amide bonds. The molecule has 0 radical (unpaired) electrons. The van der Waals surface area contributed by atoms with Gasteiger partial charge in [-0.3, -0.25) is 4.79 Å². The van der Waals surface area contributed by atoms with Crippen LogP contribution in [0, 0.1) is 0 Å². The van der Waals surface area contributed by atoms with E-state index in [9.17, 15) is 13.2 Å². The lowest BCUT2D eigenvalue weighted by Crippen LogP contribution is -2.22. The summed E-state index contributed by atoms with van der Waals surface area (Å²) in [4.78, 5) is 24.2. The van der Waals surface area contributed by atoms with Crippen molar-refractivity contribution in [3.63, 3.8) is 0 Å². The predicted molar refractivity (Wildman–Crippen MR) is 107 cm³/mol. The molecule has 1 atom stereocenters. The molecule has 2 aromatic heterocycles. The van der Waals surface area contributed by atoms with E-state index < -0.39 is 10.0 Å². The highest BCUT2D eigenvalue weighted by atomic mass is 32.2. The monoisotopic (exact) mass is 415 g/mol. The minimum atomic E-state index is -3.82. The number of anilines is 2. The highest BCUT2D eigenvalue weighted by molar-refractivity contribution is 8.00. The van der Waals surface area contributed by atoms with Crippen LogP contribution in [0.3, 0.4) is 0 Å². The lowest BCUT2D eigenvalue weighted by Gasteiger charge is -2.12. The van der Waals surface area contributed by atoms with Crippen molar-refractivity contribution in [3.8, 4) is 0 Å². The normalized spacial score (nSPS) is 12.2. The van der Waals surface area contributed by atoms with Crippen molar-refractivity contribution in [1.29, 1.82) is 0 Å². The van der Waals surface area contributed by atoms with Crippen LogP contribution >= 0.6 is 11.8 Å². The summed E-state index contributed by atoms with van der Waals surface area (Å²) in [7, 11) is -3.82. The van der Waals surface area contributed by atoms with E-state index in [-0.39, 0.29) is 22.0 Å². The molecular weight excluding hydrogens is 398 g/mol. The van der Waals surface area contributed by atoms with Crippen LogP contribution < -0.4 is 10.0 Å². The maximum atomic E-state index is 12.4. The fraction of sp³-hybridized carbons (Fsp3) is 0.111. The lowest BCUT2D eigenvalue weighted by molar-refractivity contribution is -0.115. The summed E-state index contributed by atoms with van der Waals surface area (Å²) in [6.07, 6.45) is 4.54. The predicted octanol–water partition coefficient (Wildman–Crippen LogP) is 2.79. The minimum Gasteiger partial charge on any atom is -0.325 e. The standard InChI is InChI=1S/C18H17N5O3S2/c1-13(27-16-5-2-3-10-19-16)17(24)22-14-6-8-15(9-7-14)28(25,26)23-18-20-11-4-12-21-18/h2-13H,1H3,(H,22,24)(H,20,21,23). The van der Waals surface area contributed by atoms with Crippen LogP contribution in [0.5, 0.6) is 0 Å². The molecule has 1 unspecified atom stereocenters. The van der Waals surface area contributed by atoms with Gasteiger partial charge in [-0.25, -0.2) is 28.1 Å². The van der Waals surface area contributed by atoms with E-state index in [0.717, 1.165) is 5.03 Å². The summed E-state index contributed by atoms with van der Waals surface area (Å²) >= 11 is 1.34. The molecule has 2 heterocycles. The Balaban J connectivity index is 1.63. The Morgan fingerprint density at radius 1 is 0.964 bits per heavy atom. The zero-order chi connectivity index (χ0) is 20.0. The summed E-state index contributed by atoms with van der Waals surface area (Å²) in [5.41, 5.74) is 0.494. The van der Waals surface area contributed by atoms with Crippen molar-refractivity contribution in [2.24, 2.45) is 0 Å². The molecule has 0 bridgehead atoms. The van der Waals surface area contributed by atoms with Gasteiger partial charge in [0, 0.05) is 24.3 Å². The molecule has 28 heavy (non-hydrogen) atoms. The maximum Gasteiger partial charge on any atom is 0.264 e. The van der Waals surface area contributed by atoms with Gasteiger partial charge in [-0.15, -0.1) is 0 Å². The Hall–Kier alpha value is -2.98. The zero-order valence-electron chi connectivity index (χ0n) is 14.8. The van der Waals surface area contributed by atoms with Crippen molar-refractivity contribution < 1.29 is 13.2 Å². The number of benzene rings is 1. The molecule has 0 aliphatic carbocycles. The van der Waals surface area contributed by atoms with Crippen molar-refractivity contribution in [3.05, 3.63) is 67.1 Å². The van der Waals surface area contributed by atoms with Gasteiger partial charge in [0.15, 0.2) is 0 Å². The molecule has 0 saturated carbocycles. The van der Waals surface area contributed by atoms with E-state index in [2.05, 4.69) is 25.0 Å². The third kappa shape index (κ3) is 5.27. The Morgan fingerprint density at radius 3 is 2.29 bits per heavy atom. The van der Waals surface area contributed by atoms with E-state index in [1.807, 2.05) is 18.2 Å². The molecule has 8 nitrogen and oxygen atoms in total. The molecule has 3 aromatic rings. The number of nitrogens with zero attached hydrogens (tertiary/aromatic N) is 3. The third-order valence-electron chi connectivity index (χ3n) is 3.53. The van der Waals surface area contributed by atoms with Crippen molar-refractivity contribution >= 4 is 39.3 Å². The van der Waals surface area contributed by atoms with Crippen LogP contribution in [0.1, 0.15) is 6.92 Å². The number of carbonyl (C=O) groups is 1. The van der Waals surface area contributed by atoms with Gasteiger partial charge in [0.1, 0.15) is 0 Å². The molecule has 1 aromatic carbocycles. The molecular formula is C18H17N5O3S2. The minimum absolute atomic E-state index is 0.0137. The van der Waals surface area contributed by atoms with Gasteiger partial charge in [-0.1, -0.05) is 17.8 Å². The first kappa shape index (κ1) is 19.8. The van der Waals surface area contributed by atoms with E-state index in [1.54, 1.807) is 19.2 Å². The second-order valence-electron chi connectivity index (χ2n) is 5.62. The quantitative estimate of drug-likeness (QED) is 0.570. The Kier molecular flexibility index (Phi) is 6.22. The van der Waals surface area contributed by atoms with Crippen molar-refractivity contribution in [2.75, 3.05) is 10.0 Å². The molecule has 0 aliphatic heterocycles. The molecule has 144 valence electrons. The number of nitrogens with one attached hydrogen (secondary N) is 2. The first-order valence-electron chi connectivity index (χ1n) is 8.22. The summed E-state index contributed by atoms with van der Waals surface area (Å²) in [5, 5.41) is 3.15. The van der Waals surface area contributed by atoms with Crippen molar-refractivity contribution in [1.82, 2.24) is 15.0 Å². The molecule has 10 heteroatoms. The number of amides is 1. The fourth-order valence-corrected chi connectivity index (χ4v) is 3.91. The van der Waals surface area contributed by atoms with Gasteiger partial charge in [-0.2, -0.15) is 0 Å². The third-order valence-corrected chi connectivity index (χ3v) is 5.92. The van der Waals surface area contributed by atoms with E-state index in [1.165, 1.54) is 48.4 Å². The van der Waals surface area contributed by atoms with Gasteiger partial charge >= 0.3 is 0 Å². The number of carbonyl (C=O) groups excluding carboxylic acids is 1. The van der Waals surface area contributed by atoms with Gasteiger partial charge in [0.05, 0.1) is 15.2 Å². The molecule has 2 N–H and O–H groups in total. The summed E-state index contributed by atoms with van der Waals surface area (Å²) in [6.45, 7) is 1.78. The smallest absolute Gasteiger partial charge is 0.264 e. The number of hydrogen-bond acceptors (Lipinski definition) is 7. The average Bonchev–Trinajstić information content (AvgIpc) is 2.69. The number of sulfonamides is 1. The van der Waals surface area contributed by atoms with E-state index >= 15 is 0 Å². The molecule has 0 spiro atoms. The topological polar surface area (TPSA) is 114 Å². The first-order chi connectivity index (χ1) is 13.4. The van der Waals surface area contributed by atoms with Crippen molar-refractivity contribution in [2.45, 2.75) is 22.1 Å². The number of aromatic nitrogens is 3. The van der Waals surface area contributed by atoms with Gasteiger partial charge in [-0.05, 0) is 49.4 Å². The fourth-order valence-electron chi connectivity index (χ4n) is 2.14. The average molecular weight is 416 g/mol.